The lowest BCUT2D eigenvalue weighted by Crippen LogP contribution is -2.17. The number of H-pyrrole nitrogens is 1. The summed E-state index contributed by atoms with van der Waals surface area (Å²) in [5.41, 5.74) is 1.42. The van der Waals surface area contributed by atoms with Gasteiger partial charge in [-0.25, -0.2) is 14.4 Å². The first kappa shape index (κ1) is 20.0. The highest BCUT2D eigenvalue weighted by molar-refractivity contribution is 6.36. The third-order valence-electron chi connectivity index (χ3n) is 5.62. The summed E-state index contributed by atoms with van der Waals surface area (Å²) in [7, 11) is 0. The molecule has 1 aliphatic carbocycles. The van der Waals surface area contributed by atoms with Crippen molar-refractivity contribution in [2.75, 3.05) is 5.32 Å². The molecule has 0 unspecified atom stereocenters. The summed E-state index contributed by atoms with van der Waals surface area (Å²) < 4.78 is 16.3. The van der Waals surface area contributed by atoms with Crippen LogP contribution in [0.4, 0.5) is 10.3 Å². The Morgan fingerprint density at radius 3 is 2.77 bits per heavy atom. The lowest BCUT2D eigenvalue weighted by molar-refractivity contribution is 0.102. The van der Waals surface area contributed by atoms with Crippen molar-refractivity contribution in [3.05, 3.63) is 64.2 Å². The Kier molecular flexibility index (Phi) is 5.16. The zero-order valence-corrected chi connectivity index (χ0v) is 17.8. The van der Waals surface area contributed by atoms with Gasteiger partial charge in [0.1, 0.15) is 11.6 Å². The van der Waals surface area contributed by atoms with E-state index in [0.717, 1.165) is 12.8 Å². The molecule has 31 heavy (non-hydrogen) atoms. The summed E-state index contributed by atoms with van der Waals surface area (Å²) in [4.78, 5) is 24.6. The predicted octanol–water partition coefficient (Wildman–Crippen LogP) is 6.24. The molecule has 0 bridgehead atoms. The Hall–Kier alpha value is -2.90. The lowest BCUT2D eigenvalue weighted by atomic mass is 10.2. The topological polar surface area (TPSA) is 75.6 Å². The Bertz CT molecular complexity index is 1270. The highest BCUT2D eigenvalue weighted by atomic mass is 35.5. The van der Waals surface area contributed by atoms with Gasteiger partial charge in [-0.3, -0.25) is 10.1 Å². The van der Waals surface area contributed by atoms with Crippen LogP contribution in [-0.4, -0.2) is 25.4 Å². The third-order valence-corrected chi connectivity index (χ3v) is 6.23. The summed E-state index contributed by atoms with van der Waals surface area (Å²) in [6.45, 7) is 0. The van der Waals surface area contributed by atoms with Crippen LogP contribution in [0.1, 0.15) is 42.1 Å². The van der Waals surface area contributed by atoms with E-state index in [1.807, 2.05) is 10.8 Å². The van der Waals surface area contributed by atoms with E-state index in [4.69, 9.17) is 23.2 Å². The third kappa shape index (κ3) is 3.68. The fourth-order valence-electron chi connectivity index (χ4n) is 4.11. The molecule has 2 N–H and O–H groups in total. The van der Waals surface area contributed by atoms with Crippen molar-refractivity contribution in [2.45, 2.75) is 31.7 Å². The standard InChI is InChI=1S/C22H18Cl2FN5O/c23-14-6-3-7-16(25)18(14)20-27-17-11-12(10-15(24)19(17)28-20)21(31)29-22-26-8-9-30(22)13-4-1-2-5-13/h3,6-11,13H,1-2,4-5H2,(H,27,28)(H,26,29,31). The van der Waals surface area contributed by atoms with Crippen LogP contribution < -0.4 is 5.32 Å². The minimum Gasteiger partial charge on any atom is -0.337 e. The van der Waals surface area contributed by atoms with Gasteiger partial charge in [-0.2, -0.15) is 0 Å². The zero-order chi connectivity index (χ0) is 21.5. The summed E-state index contributed by atoms with van der Waals surface area (Å²) in [6.07, 6.45) is 8.07. The van der Waals surface area contributed by atoms with E-state index in [9.17, 15) is 9.18 Å². The molecule has 2 heterocycles. The average molecular weight is 458 g/mol. The van der Waals surface area contributed by atoms with E-state index < -0.39 is 5.82 Å². The number of nitrogens with zero attached hydrogens (tertiary/aromatic N) is 3. The Morgan fingerprint density at radius 1 is 1.19 bits per heavy atom. The Labute approximate surface area is 187 Å². The van der Waals surface area contributed by atoms with Gasteiger partial charge in [0.2, 0.25) is 5.95 Å². The van der Waals surface area contributed by atoms with Gasteiger partial charge in [0.15, 0.2) is 0 Å². The molecule has 1 saturated carbocycles. The van der Waals surface area contributed by atoms with Gasteiger partial charge in [0, 0.05) is 24.0 Å². The van der Waals surface area contributed by atoms with E-state index in [1.54, 1.807) is 24.4 Å². The smallest absolute Gasteiger partial charge is 0.258 e. The zero-order valence-electron chi connectivity index (χ0n) is 16.3. The van der Waals surface area contributed by atoms with Gasteiger partial charge in [-0.1, -0.05) is 42.1 Å². The maximum Gasteiger partial charge on any atom is 0.258 e. The van der Waals surface area contributed by atoms with Crippen molar-refractivity contribution in [3.63, 3.8) is 0 Å². The number of nitrogens with one attached hydrogen (secondary N) is 2. The summed E-state index contributed by atoms with van der Waals surface area (Å²) in [5.74, 6) is -0.0922. The number of amides is 1. The van der Waals surface area contributed by atoms with Crippen LogP contribution in [0.2, 0.25) is 10.0 Å². The van der Waals surface area contributed by atoms with Crippen molar-refractivity contribution < 1.29 is 9.18 Å². The molecular weight excluding hydrogens is 440 g/mol. The normalized spacial score (nSPS) is 14.4. The number of fused-ring (bicyclic) bond motifs is 1. The molecule has 158 valence electrons. The lowest BCUT2D eigenvalue weighted by Gasteiger charge is -2.15. The number of hydrogen-bond donors (Lipinski definition) is 2. The Morgan fingerprint density at radius 2 is 2.00 bits per heavy atom. The number of rotatable bonds is 4. The van der Waals surface area contributed by atoms with Crippen LogP contribution in [0.5, 0.6) is 0 Å². The van der Waals surface area contributed by atoms with Gasteiger partial charge in [-0.15, -0.1) is 0 Å². The molecule has 0 spiro atoms. The van der Waals surface area contributed by atoms with Crippen molar-refractivity contribution in [2.24, 2.45) is 0 Å². The number of hydrogen-bond acceptors (Lipinski definition) is 3. The molecule has 9 heteroatoms. The average Bonchev–Trinajstić information content (AvgIpc) is 3.48. The van der Waals surface area contributed by atoms with Gasteiger partial charge >= 0.3 is 0 Å². The van der Waals surface area contributed by atoms with Crippen LogP contribution >= 0.6 is 23.2 Å². The summed E-state index contributed by atoms with van der Waals surface area (Å²) in [6, 6.07) is 7.92. The molecule has 1 amide bonds. The van der Waals surface area contributed by atoms with Crippen molar-refractivity contribution in [1.29, 1.82) is 0 Å². The first-order chi connectivity index (χ1) is 15.0. The number of halogens is 3. The second kappa shape index (κ2) is 7.98. The van der Waals surface area contributed by atoms with E-state index in [1.165, 1.54) is 25.0 Å². The Balaban J connectivity index is 1.47. The van der Waals surface area contributed by atoms with Crippen LogP contribution in [0, 0.1) is 5.82 Å². The first-order valence-electron chi connectivity index (χ1n) is 9.99. The maximum atomic E-state index is 14.3. The number of imidazole rings is 2. The van der Waals surface area contributed by atoms with Crippen LogP contribution in [0.3, 0.4) is 0 Å². The molecule has 1 aliphatic rings. The quantitative estimate of drug-likeness (QED) is 0.380. The maximum absolute atomic E-state index is 14.3. The van der Waals surface area contributed by atoms with Gasteiger partial charge < -0.3 is 9.55 Å². The number of anilines is 1. The molecule has 0 aliphatic heterocycles. The second-order valence-corrected chi connectivity index (χ2v) is 8.40. The highest BCUT2D eigenvalue weighted by Crippen LogP contribution is 2.33. The van der Waals surface area contributed by atoms with Crippen molar-refractivity contribution >= 4 is 46.1 Å². The molecular formula is C22H18Cl2FN5O. The molecule has 4 aromatic rings. The van der Waals surface area contributed by atoms with E-state index >= 15 is 0 Å². The van der Waals surface area contributed by atoms with Gasteiger partial charge in [0.25, 0.3) is 5.91 Å². The minimum absolute atomic E-state index is 0.154. The van der Waals surface area contributed by atoms with E-state index in [2.05, 4.69) is 20.3 Å². The number of carbonyl (C=O) groups is 1. The van der Waals surface area contributed by atoms with Crippen molar-refractivity contribution in [1.82, 2.24) is 19.5 Å². The number of carbonyl (C=O) groups excluding carboxylic acids is 1. The van der Waals surface area contributed by atoms with E-state index in [0.29, 0.717) is 33.6 Å². The van der Waals surface area contributed by atoms with E-state index in [-0.39, 0.29) is 22.3 Å². The monoisotopic (exact) mass is 457 g/mol. The summed E-state index contributed by atoms with van der Waals surface area (Å²) in [5, 5.41) is 3.40. The minimum atomic E-state index is -0.501. The molecule has 2 aromatic carbocycles. The fourth-order valence-corrected chi connectivity index (χ4v) is 4.62. The molecule has 0 radical (unpaired) electrons. The largest absolute Gasteiger partial charge is 0.337 e. The first-order valence-corrected chi connectivity index (χ1v) is 10.7. The van der Waals surface area contributed by atoms with Crippen LogP contribution in [0.15, 0.2) is 42.7 Å². The molecule has 0 saturated heterocycles. The van der Waals surface area contributed by atoms with Crippen LogP contribution in [-0.2, 0) is 0 Å². The van der Waals surface area contributed by atoms with Gasteiger partial charge in [-0.05, 0) is 37.1 Å². The van der Waals surface area contributed by atoms with Gasteiger partial charge in [0.05, 0.1) is 26.6 Å². The number of aromatic amines is 1. The molecule has 1 fully saturated rings. The SMILES string of the molecule is O=C(Nc1nccn1C1CCCC1)c1cc(Cl)c2[nH]c(-c3c(F)cccc3Cl)nc2c1. The predicted molar refractivity (Wildman–Crippen MR) is 119 cm³/mol. The molecule has 0 atom stereocenters. The number of benzene rings is 2. The van der Waals surface area contributed by atoms with Crippen LogP contribution in [0.25, 0.3) is 22.4 Å². The molecule has 6 nitrogen and oxygen atoms in total. The summed E-state index contributed by atoms with van der Waals surface area (Å²) >= 11 is 12.6. The molecule has 2 aromatic heterocycles. The number of aromatic nitrogens is 4. The molecule has 5 rings (SSSR count). The fraction of sp³-hybridized carbons (Fsp3) is 0.227. The van der Waals surface area contributed by atoms with Crippen molar-refractivity contribution in [3.8, 4) is 11.4 Å². The highest BCUT2D eigenvalue weighted by Gasteiger charge is 2.21. The second-order valence-electron chi connectivity index (χ2n) is 7.58.